The number of hydrogen-bond donors (Lipinski definition) is 0. The summed E-state index contributed by atoms with van der Waals surface area (Å²) in [6.07, 6.45) is 3.77. The summed E-state index contributed by atoms with van der Waals surface area (Å²) in [5, 5.41) is 10.2. The summed E-state index contributed by atoms with van der Waals surface area (Å²) in [6, 6.07) is 9.76. The Kier molecular flexibility index (Phi) is 3.85. The third kappa shape index (κ3) is 3.85. The summed E-state index contributed by atoms with van der Waals surface area (Å²) in [6.45, 7) is 1.82. The van der Waals surface area contributed by atoms with Gasteiger partial charge in [0.25, 0.3) is 0 Å². The predicted molar refractivity (Wildman–Crippen MR) is 56.5 cm³/mol. The number of hydrogen-bond acceptors (Lipinski definition) is 2. The van der Waals surface area contributed by atoms with Gasteiger partial charge < -0.3 is 0 Å². The van der Waals surface area contributed by atoms with Gasteiger partial charge in [0, 0.05) is 10.8 Å². The maximum absolute atomic E-state index is 10.2. The molecule has 0 aliphatic carbocycles. The molecule has 0 bridgehead atoms. The van der Waals surface area contributed by atoms with Gasteiger partial charge >= 0.3 is 0 Å². The Morgan fingerprint density at radius 2 is 2.07 bits per heavy atom. The predicted octanol–water partition coefficient (Wildman–Crippen LogP) is 2.61. The quantitative estimate of drug-likeness (QED) is 0.542. The van der Waals surface area contributed by atoms with E-state index in [0.29, 0.717) is 0 Å². The van der Waals surface area contributed by atoms with Gasteiger partial charge in [-0.05, 0) is 5.56 Å². The van der Waals surface area contributed by atoms with Crippen molar-refractivity contribution in [2.45, 2.75) is 6.92 Å². The SMILES string of the molecule is C[C@H](/C=C/c1ccccc1)C[N+](=O)[O-]. The van der Waals surface area contributed by atoms with Gasteiger partial charge in [-0.15, -0.1) is 0 Å². The Balaban J connectivity index is 2.52. The Morgan fingerprint density at radius 1 is 1.43 bits per heavy atom. The number of rotatable bonds is 4. The zero-order chi connectivity index (χ0) is 10.4. The standard InChI is InChI=1S/C11H13NO2/c1-10(9-12(13)14)7-8-11-5-3-2-4-6-11/h2-8,10H,9H2,1H3/b8-7+/t10-/m1/s1. The molecule has 0 fully saturated rings. The Bertz CT molecular complexity index is 319. The van der Waals surface area contributed by atoms with Crippen LogP contribution in [0.25, 0.3) is 6.08 Å². The molecule has 0 N–H and O–H groups in total. The van der Waals surface area contributed by atoms with Crippen molar-refractivity contribution < 1.29 is 4.92 Å². The fourth-order valence-corrected chi connectivity index (χ4v) is 1.14. The van der Waals surface area contributed by atoms with Crippen molar-refractivity contribution in [1.82, 2.24) is 0 Å². The van der Waals surface area contributed by atoms with Crippen LogP contribution in [0.3, 0.4) is 0 Å². The van der Waals surface area contributed by atoms with Crippen molar-refractivity contribution in [3.05, 3.63) is 52.1 Å². The van der Waals surface area contributed by atoms with Crippen LogP contribution in [-0.4, -0.2) is 11.5 Å². The minimum Gasteiger partial charge on any atom is -0.265 e. The van der Waals surface area contributed by atoms with Crippen LogP contribution < -0.4 is 0 Å². The highest BCUT2D eigenvalue weighted by molar-refractivity contribution is 5.48. The Hall–Kier alpha value is -1.64. The summed E-state index contributed by atoms with van der Waals surface area (Å²) in [4.78, 5) is 9.90. The highest BCUT2D eigenvalue weighted by atomic mass is 16.6. The van der Waals surface area contributed by atoms with Crippen molar-refractivity contribution in [2.24, 2.45) is 5.92 Å². The number of nitro groups is 1. The van der Waals surface area contributed by atoms with Gasteiger partial charge in [0.1, 0.15) is 0 Å². The highest BCUT2D eigenvalue weighted by Gasteiger charge is 2.03. The molecule has 3 nitrogen and oxygen atoms in total. The van der Waals surface area contributed by atoms with E-state index >= 15 is 0 Å². The molecule has 0 aliphatic rings. The van der Waals surface area contributed by atoms with Gasteiger partial charge in [-0.2, -0.15) is 0 Å². The zero-order valence-electron chi connectivity index (χ0n) is 8.09. The van der Waals surface area contributed by atoms with Gasteiger partial charge in [-0.25, -0.2) is 0 Å². The molecule has 0 saturated heterocycles. The minimum atomic E-state index is -0.292. The second-order valence-electron chi connectivity index (χ2n) is 3.26. The van der Waals surface area contributed by atoms with E-state index in [-0.39, 0.29) is 17.4 Å². The summed E-state index contributed by atoms with van der Waals surface area (Å²) >= 11 is 0. The van der Waals surface area contributed by atoms with Crippen LogP contribution in [-0.2, 0) is 0 Å². The van der Waals surface area contributed by atoms with Crippen LogP contribution in [0.1, 0.15) is 12.5 Å². The first-order valence-electron chi connectivity index (χ1n) is 4.53. The molecule has 74 valence electrons. The second-order valence-corrected chi connectivity index (χ2v) is 3.26. The minimum absolute atomic E-state index is 0.0106. The van der Waals surface area contributed by atoms with Crippen molar-refractivity contribution >= 4 is 6.08 Å². The summed E-state index contributed by atoms with van der Waals surface area (Å²) in [5.41, 5.74) is 1.07. The molecule has 1 aromatic rings. The summed E-state index contributed by atoms with van der Waals surface area (Å²) in [5.74, 6) is -0.0230. The molecule has 1 aromatic carbocycles. The van der Waals surface area contributed by atoms with E-state index in [1.54, 1.807) is 0 Å². The fourth-order valence-electron chi connectivity index (χ4n) is 1.14. The fraction of sp³-hybridized carbons (Fsp3) is 0.273. The normalized spacial score (nSPS) is 12.9. The Morgan fingerprint density at radius 3 is 2.64 bits per heavy atom. The number of nitrogens with zero attached hydrogens (tertiary/aromatic N) is 1. The molecule has 0 amide bonds. The third-order valence-corrected chi connectivity index (χ3v) is 1.85. The first-order chi connectivity index (χ1) is 6.68. The van der Waals surface area contributed by atoms with Crippen LogP contribution in [0.4, 0.5) is 0 Å². The molecule has 0 heterocycles. The van der Waals surface area contributed by atoms with E-state index in [1.807, 2.05) is 49.4 Å². The molecular formula is C11H13NO2. The van der Waals surface area contributed by atoms with E-state index in [1.165, 1.54) is 0 Å². The van der Waals surface area contributed by atoms with E-state index in [0.717, 1.165) is 5.56 Å². The lowest BCUT2D eigenvalue weighted by Crippen LogP contribution is -2.08. The van der Waals surface area contributed by atoms with Crippen LogP contribution in [0.5, 0.6) is 0 Å². The molecule has 1 atom stereocenters. The lowest BCUT2D eigenvalue weighted by Gasteiger charge is -1.98. The largest absolute Gasteiger partial charge is 0.265 e. The van der Waals surface area contributed by atoms with Crippen LogP contribution in [0, 0.1) is 16.0 Å². The van der Waals surface area contributed by atoms with Crippen molar-refractivity contribution in [3.63, 3.8) is 0 Å². The molecule has 0 radical (unpaired) electrons. The molecular weight excluding hydrogens is 178 g/mol. The maximum Gasteiger partial charge on any atom is 0.209 e. The Labute approximate surface area is 83.2 Å². The first kappa shape index (κ1) is 10.4. The van der Waals surface area contributed by atoms with Crippen molar-refractivity contribution in [3.8, 4) is 0 Å². The molecule has 0 spiro atoms. The lowest BCUT2D eigenvalue weighted by atomic mass is 10.1. The molecule has 0 saturated carbocycles. The van der Waals surface area contributed by atoms with Gasteiger partial charge in [0.05, 0.1) is 0 Å². The molecule has 0 unspecified atom stereocenters. The molecule has 3 heteroatoms. The lowest BCUT2D eigenvalue weighted by molar-refractivity contribution is -0.485. The van der Waals surface area contributed by atoms with Crippen molar-refractivity contribution in [1.29, 1.82) is 0 Å². The first-order valence-corrected chi connectivity index (χ1v) is 4.53. The van der Waals surface area contributed by atoms with Gasteiger partial charge in [0.2, 0.25) is 6.54 Å². The van der Waals surface area contributed by atoms with E-state index in [2.05, 4.69) is 0 Å². The van der Waals surface area contributed by atoms with E-state index < -0.39 is 0 Å². The van der Waals surface area contributed by atoms with Gasteiger partial charge in [-0.3, -0.25) is 10.1 Å². The third-order valence-electron chi connectivity index (χ3n) is 1.85. The average Bonchev–Trinajstić information content (AvgIpc) is 2.15. The molecule has 14 heavy (non-hydrogen) atoms. The van der Waals surface area contributed by atoms with E-state index in [9.17, 15) is 10.1 Å². The number of benzene rings is 1. The topological polar surface area (TPSA) is 43.1 Å². The smallest absolute Gasteiger partial charge is 0.209 e. The summed E-state index contributed by atoms with van der Waals surface area (Å²) in [7, 11) is 0. The van der Waals surface area contributed by atoms with Crippen LogP contribution in [0.2, 0.25) is 0 Å². The molecule has 0 aromatic heterocycles. The van der Waals surface area contributed by atoms with Gasteiger partial charge in [0.15, 0.2) is 0 Å². The highest BCUT2D eigenvalue weighted by Crippen LogP contribution is 2.05. The summed E-state index contributed by atoms with van der Waals surface area (Å²) < 4.78 is 0. The molecule has 0 aliphatic heterocycles. The monoisotopic (exact) mass is 191 g/mol. The average molecular weight is 191 g/mol. The second kappa shape index (κ2) is 5.17. The van der Waals surface area contributed by atoms with Crippen LogP contribution in [0.15, 0.2) is 36.4 Å². The van der Waals surface area contributed by atoms with Gasteiger partial charge in [-0.1, -0.05) is 49.4 Å². The van der Waals surface area contributed by atoms with Crippen LogP contribution >= 0.6 is 0 Å². The van der Waals surface area contributed by atoms with E-state index in [4.69, 9.17) is 0 Å². The maximum atomic E-state index is 10.2. The van der Waals surface area contributed by atoms with Crippen molar-refractivity contribution in [2.75, 3.05) is 6.54 Å². The zero-order valence-corrected chi connectivity index (χ0v) is 8.09. The molecule has 1 rings (SSSR count).